The minimum absolute atomic E-state index is 0.218. The zero-order valence-electron chi connectivity index (χ0n) is 11.0. The first kappa shape index (κ1) is 13.7. The van der Waals surface area contributed by atoms with Crippen molar-refractivity contribution in [2.75, 3.05) is 12.9 Å². The normalized spacial score (nSPS) is 10.6. The summed E-state index contributed by atoms with van der Waals surface area (Å²) < 4.78 is 6.69. The van der Waals surface area contributed by atoms with Gasteiger partial charge in [0.05, 0.1) is 12.8 Å². The van der Waals surface area contributed by atoms with E-state index in [0.717, 1.165) is 30.0 Å². The number of aromatic amines is 1. The van der Waals surface area contributed by atoms with Crippen molar-refractivity contribution in [2.45, 2.75) is 24.9 Å². The third-order valence-electron chi connectivity index (χ3n) is 2.70. The molecule has 0 unspecified atom stereocenters. The highest BCUT2D eigenvalue weighted by atomic mass is 32.2. The maximum atomic E-state index is 11.8. The smallest absolute Gasteiger partial charge is 0.348 e. The number of ether oxygens (including phenoxy) is 1. The second kappa shape index (κ2) is 6.47. The maximum absolute atomic E-state index is 11.8. The van der Waals surface area contributed by atoms with E-state index in [0.29, 0.717) is 5.16 Å². The zero-order chi connectivity index (χ0) is 13.7. The molecule has 1 aromatic carbocycles. The fourth-order valence-corrected chi connectivity index (χ4v) is 2.69. The third kappa shape index (κ3) is 3.20. The summed E-state index contributed by atoms with van der Waals surface area (Å²) >= 11 is 1.59. The number of methoxy groups -OCH3 is 1. The lowest BCUT2D eigenvalue weighted by Gasteiger charge is -2.06. The summed E-state index contributed by atoms with van der Waals surface area (Å²) in [6, 6.07) is 7.35. The summed E-state index contributed by atoms with van der Waals surface area (Å²) in [6.45, 7) is 2.14. The molecule has 1 aromatic heterocycles. The zero-order valence-corrected chi connectivity index (χ0v) is 11.9. The molecule has 19 heavy (non-hydrogen) atoms. The molecule has 2 rings (SSSR count). The fraction of sp³-hybridized carbons (Fsp3) is 0.385. The first-order valence-electron chi connectivity index (χ1n) is 6.21. The average molecular weight is 279 g/mol. The van der Waals surface area contributed by atoms with Gasteiger partial charge in [-0.25, -0.2) is 14.5 Å². The summed E-state index contributed by atoms with van der Waals surface area (Å²) in [5.74, 6) is 1.72. The second-order valence-electron chi connectivity index (χ2n) is 4.05. The van der Waals surface area contributed by atoms with Gasteiger partial charge in [-0.05, 0) is 30.7 Å². The van der Waals surface area contributed by atoms with Crippen molar-refractivity contribution >= 4 is 11.8 Å². The molecule has 1 N–H and O–H groups in total. The monoisotopic (exact) mass is 279 g/mol. The number of hydrogen-bond acceptors (Lipinski definition) is 4. The molecule has 0 bridgehead atoms. The molecule has 0 aliphatic heterocycles. The first-order valence-corrected chi connectivity index (χ1v) is 7.19. The number of H-pyrrole nitrogens is 1. The molecule has 2 aromatic rings. The van der Waals surface area contributed by atoms with Gasteiger partial charge >= 0.3 is 5.69 Å². The topological polar surface area (TPSA) is 59.9 Å². The van der Waals surface area contributed by atoms with Crippen molar-refractivity contribution in [1.82, 2.24) is 14.8 Å². The molecule has 102 valence electrons. The third-order valence-corrected chi connectivity index (χ3v) is 3.73. The number of benzene rings is 1. The largest absolute Gasteiger partial charge is 0.497 e. The SMILES string of the molecule is CCCCSc1n[nH]c(=O)n1-c1ccc(OC)cc1. The Bertz CT molecular complexity index is 574. The van der Waals surface area contributed by atoms with Gasteiger partial charge in [0.15, 0.2) is 5.16 Å². The molecule has 0 radical (unpaired) electrons. The lowest BCUT2D eigenvalue weighted by atomic mass is 10.3. The van der Waals surface area contributed by atoms with Crippen molar-refractivity contribution in [3.05, 3.63) is 34.7 Å². The Morgan fingerprint density at radius 2 is 2.11 bits per heavy atom. The van der Waals surface area contributed by atoms with E-state index in [-0.39, 0.29) is 5.69 Å². The van der Waals surface area contributed by atoms with Crippen molar-refractivity contribution in [1.29, 1.82) is 0 Å². The van der Waals surface area contributed by atoms with Gasteiger partial charge in [0, 0.05) is 5.75 Å². The van der Waals surface area contributed by atoms with Crippen LogP contribution in [0.5, 0.6) is 5.75 Å². The van der Waals surface area contributed by atoms with Gasteiger partial charge in [0.1, 0.15) is 5.75 Å². The summed E-state index contributed by atoms with van der Waals surface area (Å²) in [6.07, 6.45) is 2.23. The molecule has 0 amide bonds. The number of nitrogens with zero attached hydrogens (tertiary/aromatic N) is 2. The predicted molar refractivity (Wildman–Crippen MR) is 76.4 cm³/mol. The lowest BCUT2D eigenvalue weighted by Crippen LogP contribution is -2.15. The van der Waals surface area contributed by atoms with E-state index >= 15 is 0 Å². The van der Waals surface area contributed by atoms with Crippen LogP contribution < -0.4 is 10.4 Å². The van der Waals surface area contributed by atoms with Crippen molar-refractivity contribution in [2.24, 2.45) is 0 Å². The quantitative estimate of drug-likeness (QED) is 0.652. The molecular formula is C13H17N3O2S. The van der Waals surface area contributed by atoms with Crippen LogP contribution in [0.1, 0.15) is 19.8 Å². The van der Waals surface area contributed by atoms with Crippen LogP contribution in [0.3, 0.4) is 0 Å². The molecular weight excluding hydrogens is 262 g/mol. The number of aromatic nitrogens is 3. The van der Waals surface area contributed by atoms with Gasteiger partial charge in [-0.3, -0.25) is 0 Å². The standard InChI is InChI=1S/C13H17N3O2S/c1-3-4-9-19-13-15-14-12(17)16(13)10-5-7-11(18-2)8-6-10/h5-8H,3-4,9H2,1-2H3,(H,14,17). The Morgan fingerprint density at radius 3 is 2.74 bits per heavy atom. The molecule has 5 nitrogen and oxygen atoms in total. The van der Waals surface area contributed by atoms with E-state index in [2.05, 4.69) is 17.1 Å². The highest BCUT2D eigenvalue weighted by Gasteiger charge is 2.10. The Balaban J connectivity index is 2.26. The van der Waals surface area contributed by atoms with Crippen LogP contribution in [0.25, 0.3) is 5.69 Å². The van der Waals surface area contributed by atoms with Crippen LogP contribution >= 0.6 is 11.8 Å². The number of nitrogens with one attached hydrogen (secondary N) is 1. The molecule has 0 spiro atoms. The highest BCUT2D eigenvalue weighted by molar-refractivity contribution is 7.99. The minimum atomic E-state index is -0.218. The van der Waals surface area contributed by atoms with Crippen molar-refractivity contribution in [3.63, 3.8) is 0 Å². The Labute approximate surface area is 116 Å². The molecule has 0 fully saturated rings. The molecule has 0 atom stereocenters. The molecule has 0 aliphatic carbocycles. The fourth-order valence-electron chi connectivity index (χ4n) is 1.65. The summed E-state index contributed by atoms with van der Waals surface area (Å²) in [5.41, 5.74) is 0.572. The van der Waals surface area contributed by atoms with E-state index in [4.69, 9.17) is 4.74 Å². The summed E-state index contributed by atoms with van der Waals surface area (Å²) in [5, 5.41) is 7.26. The van der Waals surface area contributed by atoms with Gasteiger partial charge in [-0.1, -0.05) is 25.1 Å². The van der Waals surface area contributed by atoms with Crippen LogP contribution in [-0.2, 0) is 0 Å². The molecule has 1 heterocycles. The van der Waals surface area contributed by atoms with E-state index in [1.807, 2.05) is 24.3 Å². The van der Waals surface area contributed by atoms with Crippen LogP contribution in [0.2, 0.25) is 0 Å². The number of unbranched alkanes of at least 4 members (excludes halogenated alkanes) is 1. The van der Waals surface area contributed by atoms with Crippen LogP contribution in [-0.4, -0.2) is 27.6 Å². The second-order valence-corrected chi connectivity index (χ2v) is 5.11. The van der Waals surface area contributed by atoms with E-state index in [9.17, 15) is 4.79 Å². The Kier molecular flexibility index (Phi) is 4.68. The van der Waals surface area contributed by atoms with Gasteiger partial charge in [-0.2, -0.15) is 0 Å². The average Bonchev–Trinajstić information content (AvgIpc) is 2.80. The van der Waals surface area contributed by atoms with Gasteiger partial charge in [0.25, 0.3) is 0 Å². The molecule has 0 saturated heterocycles. The van der Waals surface area contributed by atoms with E-state index < -0.39 is 0 Å². The van der Waals surface area contributed by atoms with Crippen molar-refractivity contribution < 1.29 is 4.74 Å². The first-order chi connectivity index (χ1) is 9.26. The number of rotatable bonds is 6. The highest BCUT2D eigenvalue weighted by Crippen LogP contribution is 2.20. The van der Waals surface area contributed by atoms with Gasteiger partial charge in [0.2, 0.25) is 0 Å². The van der Waals surface area contributed by atoms with Crippen LogP contribution in [0, 0.1) is 0 Å². The Hall–Kier alpha value is -1.69. The maximum Gasteiger partial charge on any atom is 0.348 e. The van der Waals surface area contributed by atoms with Crippen LogP contribution in [0.4, 0.5) is 0 Å². The molecule has 0 saturated carbocycles. The summed E-state index contributed by atoms with van der Waals surface area (Å²) in [7, 11) is 1.62. The van der Waals surface area contributed by atoms with E-state index in [1.54, 1.807) is 23.4 Å². The summed E-state index contributed by atoms with van der Waals surface area (Å²) in [4.78, 5) is 11.8. The predicted octanol–water partition coefficient (Wildman–Crippen LogP) is 2.46. The van der Waals surface area contributed by atoms with Crippen LogP contribution in [0.15, 0.2) is 34.2 Å². The lowest BCUT2D eigenvalue weighted by molar-refractivity contribution is 0.414. The molecule has 0 aliphatic rings. The number of thioether (sulfide) groups is 1. The van der Waals surface area contributed by atoms with Crippen molar-refractivity contribution in [3.8, 4) is 11.4 Å². The Morgan fingerprint density at radius 1 is 1.37 bits per heavy atom. The van der Waals surface area contributed by atoms with Gasteiger partial charge < -0.3 is 4.74 Å². The minimum Gasteiger partial charge on any atom is -0.497 e. The van der Waals surface area contributed by atoms with E-state index in [1.165, 1.54) is 0 Å². The molecule has 6 heteroatoms. The number of hydrogen-bond donors (Lipinski definition) is 1. The van der Waals surface area contributed by atoms with Gasteiger partial charge in [-0.15, -0.1) is 5.10 Å².